The minimum absolute atomic E-state index is 0.252. The smallest absolute Gasteiger partial charge is 0.501 e. The molecule has 6 nitrogen and oxygen atoms in total. The van der Waals surface area contributed by atoms with Gasteiger partial charge in [0.15, 0.2) is 12.4 Å². The molecular weight excluding hydrogens is 252 g/mol. The molecule has 0 saturated heterocycles. The van der Waals surface area contributed by atoms with Crippen molar-refractivity contribution in [2.75, 3.05) is 0 Å². The fourth-order valence-electron chi connectivity index (χ4n) is 0.941. The molecule has 0 aliphatic heterocycles. The van der Waals surface area contributed by atoms with Crippen molar-refractivity contribution in [2.24, 2.45) is 0 Å². The van der Waals surface area contributed by atoms with E-state index in [1.165, 1.54) is 0 Å². The molecule has 94 valence electrons. The van der Waals surface area contributed by atoms with Gasteiger partial charge >= 0.3 is 12.2 Å². The number of nitro groups is 1. The number of aromatic nitrogens is 1. The molecule has 1 heterocycles. The average molecular weight is 256 g/mol. The molecule has 0 bridgehead atoms. The number of halogens is 4. The van der Waals surface area contributed by atoms with Gasteiger partial charge in [0.1, 0.15) is 0 Å². The third kappa shape index (κ3) is 3.16. The van der Waals surface area contributed by atoms with E-state index in [0.717, 1.165) is 0 Å². The Bertz CT molecular complexity index is 448. The second-order valence-corrected chi connectivity index (χ2v) is 2.71. The topological polar surface area (TPSA) is 85.5 Å². The molecule has 1 rings (SSSR count). The maximum atomic E-state index is 12.3. The van der Waals surface area contributed by atoms with Gasteiger partial charge in [0.2, 0.25) is 11.4 Å². The predicted octanol–water partition coefficient (Wildman–Crippen LogP) is 2.06. The second kappa shape index (κ2) is 4.39. The molecule has 0 saturated carbocycles. The van der Waals surface area contributed by atoms with Crippen LogP contribution in [0.25, 0.3) is 0 Å². The predicted molar refractivity (Wildman–Crippen MR) is 44.1 cm³/mol. The van der Waals surface area contributed by atoms with E-state index < -0.39 is 41.0 Å². The Morgan fingerprint density at radius 1 is 1.53 bits per heavy atom. The summed E-state index contributed by atoms with van der Waals surface area (Å²) in [4.78, 5) is 12.2. The van der Waals surface area contributed by atoms with E-state index in [1.807, 2.05) is 0 Å². The third-order valence-electron chi connectivity index (χ3n) is 1.56. The van der Waals surface area contributed by atoms with Crippen molar-refractivity contribution >= 4 is 5.82 Å². The van der Waals surface area contributed by atoms with Crippen LogP contribution in [0.15, 0.2) is 6.07 Å². The van der Waals surface area contributed by atoms with E-state index in [9.17, 15) is 27.7 Å². The molecule has 0 spiro atoms. The number of alkyl halides is 4. The first-order valence-electron chi connectivity index (χ1n) is 3.93. The Labute approximate surface area is 90.6 Å². The number of aromatic hydroxyl groups is 1. The Hall–Kier alpha value is -2.13. The first kappa shape index (κ1) is 12.9. The fraction of sp³-hybridized carbons (Fsp3) is 0.286. The van der Waals surface area contributed by atoms with E-state index in [0.29, 0.717) is 0 Å². The Balaban J connectivity index is 3.28. The monoisotopic (exact) mass is 256 g/mol. The third-order valence-corrected chi connectivity index (χ3v) is 1.56. The maximum Gasteiger partial charge on any atom is 0.573 e. The molecule has 1 aromatic rings. The number of pyridine rings is 1. The summed E-state index contributed by atoms with van der Waals surface area (Å²) in [5, 5.41) is 19.4. The van der Waals surface area contributed by atoms with Crippen LogP contribution in [0.1, 0.15) is 5.69 Å². The molecule has 1 N–H and O–H groups in total. The number of hydrogen-bond donors (Lipinski definition) is 1. The lowest BCUT2D eigenvalue weighted by Gasteiger charge is -2.10. The highest BCUT2D eigenvalue weighted by Crippen LogP contribution is 2.36. The lowest BCUT2D eigenvalue weighted by molar-refractivity contribution is -0.389. The molecule has 0 radical (unpaired) electrons. The van der Waals surface area contributed by atoms with Gasteiger partial charge in [0.05, 0.1) is 6.07 Å². The molecule has 0 aromatic carbocycles. The highest BCUT2D eigenvalue weighted by atomic mass is 19.4. The van der Waals surface area contributed by atoms with Gasteiger partial charge in [0, 0.05) is 0 Å². The second-order valence-electron chi connectivity index (χ2n) is 2.71. The van der Waals surface area contributed by atoms with Crippen molar-refractivity contribution < 1.29 is 32.3 Å². The van der Waals surface area contributed by atoms with Crippen molar-refractivity contribution in [1.29, 1.82) is 0 Å². The van der Waals surface area contributed by atoms with Crippen LogP contribution in [0.2, 0.25) is 0 Å². The summed E-state index contributed by atoms with van der Waals surface area (Å²) < 4.78 is 51.2. The average Bonchev–Trinajstić information content (AvgIpc) is 2.18. The number of ether oxygens (including phenoxy) is 1. The van der Waals surface area contributed by atoms with Crippen LogP contribution in [0.5, 0.6) is 11.5 Å². The Kier molecular flexibility index (Phi) is 3.34. The molecule has 0 amide bonds. The van der Waals surface area contributed by atoms with Crippen LogP contribution >= 0.6 is 0 Å². The zero-order valence-electron chi connectivity index (χ0n) is 7.86. The molecule has 1 aromatic heterocycles. The van der Waals surface area contributed by atoms with Gasteiger partial charge in [-0.2, -0.15) is 0 Å². The quantitative estimate of drug-likeness (QED) is 0.508. The van der Waals surface area contributed by atoms with Gasteiger partial charge in [-0.1, -0.05) is 0 Å². The van der Waals surface area contributed by atoms with Gasteiger partial charge in [-0.15, -0.1) is 13.2 Å². The molecule has 0 aliphatic carbocycles. The Morgan fingerprint density at radius 3 is 2.53 bits per heavy atom. The van der Waals surface area contributed by atoms with Crippen molar-refractivity contribution in [3.8, 4) is 11.5 Å². The van der Waals surface area contributed by atoms with Crippen molar-refractivity contribution in [3.05, 3.63) is 21.9 Å². The van der Waals surface area contributed by atoms with E-state index in [2.05, 4.69) is 9.72 Å². The number of rotatable bonds is 3. The maximum absolute atomic E-state index is 12.3. The summed E-state index contributed by atoms with van der Waals surface area (Å²) in [5.74, 6) is -3.56. The van der Waals surface area contributed by atoms with Crippen LogP contribution in [-0.4, -0.2) is 21.4 Å². The minimum atomic E-state index is -5.17. The normalized spacial score (nSPS) is 11.3. The summed E-state index contributed by atoms with van der Waals surface area (Å²) in [6.07, 6.45) is -5.17. The summed E-state index contributed by atoms with van der Waals surface area (Å²) in [7, 11) is 0. The molecule has 0 unspecified atom stereocenters. The molecule has 10 heteroatoms. The summed E-state index contributed by atoms with van der Waals surface area (Å²) in [6, 6.07) is 0.252. The number of nitrogens with zero attached hydrogens (tertiary/aromatic N) is 2. The fourth-order valence-corrected chi connectivity index (χ4v) is 0.941. The minimum Gasteiger partial charge on any atom is -0.501 e. The molecule has 0 atom stereocenters. The van der Waals surface area contributed by atoms with Crippen LogP contribution in [0.3, 0.4) is 0 Å². The van der Waals surface area contributed by atoms with Crippen molar-refractivity contribution in [2.45, 2.75) is 13.0 Å². The first-order valence-corrected chi connectivity index (χ1v) is 3.93. The van der Waals surface area contributed by atoms with Crippen molar-refractivity contribution in [1.82, 2.24) is 4.98 Å². The van der Waals surface area contributed by atoms with Gasteiger partial charge in [-0.3, -0.25) is 0 Å². The standard InChI is InChI=1S/C7H4F4N2O4/c8-2-3-6(14)4(17-7(9,10)11)1-5(12-3)13(15)16/h1,14H,2H2. The Morgan fingerprint density at radius 2 is 2.12 bits per heavy atom. The highest BCUT2D eigenvalue weighted by Gasteiger charge is 2.34. The SMILES string of the molecule is O=[N+]([O-])c1cc(OC(F)(F)F)c(O)c(CF)n1. The van der Waals surface area contributed by atoms with Gasteiger partial charge < -0.3 is 20.0 Å². The van der Waals surface area contributed by atoms with Crippen molar-refractivity contribution in [3.63, 3.8) is 0 Å². The van der Waals surface area contributed by atoms with E-state index in [-0.39, 0.29) is 6.07 Å². The summed E-state index contributed by atoms with van der Waals surface area (Å²) in [5.41, 5.74) is -0.904. The first-order chi connectivity index (χ1) is 7.74. The number of hydrogen-bond acceptors (Lipinski definition) is 5. The van der Waals surface area contributed by atoms with Crippen LogP contribution in [-0.2, 0) is 6.67 Å². The lowest BCUT2D eigenvalue weighted by Crippen LogP contribution is -2.17. The van der Waals surface area contributed by atoms with E-state index in [1.54, 1.807) is 0 Å². The summed E-state index contributed by atoms with van der Waals surface area (Å²) in [6.45, 7) is -1.47. The molecule has 0 aliphatic rings. The molecule has 0 fully saturated rings. The zero-order chi connectivity index (χ0) is 13.2. The lowest BCUT2D eigenvalue weighted by atomic mass is 10.3. The highest BCUT2D eigenvalue weighted by molar-refractivity contribution is 5.47. The van der Waals surface area contributed by atoms with Crippen LogP contribution < -0.4 is 4.74 Å². The van der Waals surface area contributed by atoms with Crippen LogP contribution in [0.4, 0.5) is 23.4 Å². The van der Waals surface area contributed by atoms with Crippen LogP contribution in [0, 0.1) is 10.1 Å². The summed E-state index contributed by atoms with van der Waals surface area (Å²) >= 11 is 0. The largest absolute Gasteiger partial charge is 0.573 e. The zero-order valence-corrected chi connectivity index (χ0v) is 7.86. The van der Waals surface area contributed by atoms with E-state index in [4.69, 9.17) is 5.11 Å². The molecular formula is C7H4F4N2O4. The van der Waals surface area contributed by atoms with Gasteiger partial charge in [0.25, 0.3) is 0 Å². The van der Waals surface area contributed by atoms with Gasteiger partial charge in [-0.25, -0.2) is 4.39 Å². The van der Waals surface area contributed by atoms with E-state index >= 15 is 0 Å². The molecule has 17 heavy (non-hydrogen) atoms. The van der Waals surface area contributed by atoms with Gasteiger partial charge in [-0.05, 0) is 9.91 Å².